The SMILES string of the molecule is COC(=O)c1ccc(C(=O)C(C)(C)C(=O)c2ccc(C)cc2)cc1. The number of methoxy groups -OCH3 is 1. The van der Waals surface area contributed by atoms with Gasteiger partial charge in [0, 0.05) is 11.1 Å². The number of benzene rings is 2. The van der Waals surface area contributed by atoms with E-state index in [2.05, 4.69) is 4.74 Å². The number of carbonyl (C=O) groups is 3. The largest absolute Gasteiger partial charge is 0.465 e. The summed E-state index contributed by atoms with van der Waals surface area (Å²) in [6.45, 7) is 5.17. The second kappa shape index (κ2) is 6.79. The van der Waals surface area contributed by atoms with Crippen molar-refractivity contribution in [1.29, 1.82) is 0 Å². The number of rotatable bonds is 5. The van der Waals surface area contributed by atoms with Crippen LogP contribution >= 0.6 is 0 Å². The van der Waals surface area contributed by atoms with E-state index in [4.69, 9.17) is 0 Å². The topological polar surface area (TPSA) is 60.4 Å². The standard InChI is InChI=1S/C20H20O4/c1-13-5-7-14(8-6-13)17(21)20(2,3)18(22)15-9-11-16(12-10-15)19(23)24-4/h5-12H,1-4H3. The maximum absolute atomic E-state index is 12.8. The molecule has 2 aromatic carbocycles. The lowest BCUT2D eigenvalue weighted by Crippen LogP contribution is -2.33. The molecule has 4 nitrogen and oxygen atoms in total. The van der Waals surface area contributed by atoms with E-state index in [1.165, 1.54) is 19.2 Å². The molecule has 0 fully saturated rings. The number of ether oxygens (including phenoxy) is 1. The van der Waals surface area contributed by atoms with E-state index >= 15 is 0 Å². The van der Waals surface area contributed by atoms with Crippen LogP contribution in [0.15, 0.2) is 48.5 Å². The number of Topliss-reactive ketones (excluding diaryl/α,β-unsaturated/α-hetero) is 2. The third kappa shape index (κ3) is 3.43. The molecule has 0 aliphatic carbocycles. The minimum atomic E-state index is -1.19. The Hall–Kier alpha value is -2.75. The second-order valence-electron chi connectivity index (χ2n) is 6.22. The molecular weight excluding hydrogens is 304 g/mol. The molecule has 0 heterocycles. The van der Waals surface area contributed by atoms with Gasteiger partial charge in [0.2, 0.25) is 0 Å². The van der Waals surface area contributed by atoms with Gasteiger partial charge >= 0.3 is 5.97 Å². The molecule has 0 bridgehead atoms. The number of hydrogen-bond acceptors (Lipinski definition) is 4. The van der Waals surface area contributed by atoms with Crippen LogP contribution < -0.4 is 0 Å². The highest BCUT2D eigenvalue weighted by atomic mass is 16.5. The molecule has 0 aliphatic rings. The molecule has 0 unspecified atom stereocenters. The summed E-state index contributed by atoms with van der Waals surface area (Å²) in [5.41, 5.74) is 1.10. The first-order valence-electron chi connectivity index (χ1n) is 7.62. The zero-order valence-corrected chi connectivity index (χ0v) is 14.3. The molecule has 0 spiro atoms. The maximum atomic E-state index is 12.8. The molecule has 24 heavy (non-hydrogen) atoms. The third-order valence-corrected chi connectivity index (χ3v) is 4.02. The highest BCUT2D eigenvalue weighted by Crippen LogP contribution is 2.27. The van der Waals surface area contributed by atoms with Crippen molar-refractivity contribution in [2.24, 2.45) is 5.41 Å². The fourth-order valence-electron chi connectivity index (χ4n) is 2.41. The Labute approximate surface area is 141 Å². The average Bonchev–Trinajstić information content (AvgIpc) is 2.60. The van der Waals surface area contributed by atoms with Crippen LogP contribution in [0.5, 0.6) is 0 Å². The summed E-state index contributed by atoms with van der Waals surface area (Å²) in [6, 6.07) is 13.3. The Morgan fingerprint density at radius 2 is 1.12 bits per heavy atom. The van der Waals surface area contributed by atoms with Gasteiger partial charge in [-0.1, -0.05) is 42.0 Å². The fourth-order valence-corrected chi connectivity index (χ4v) is 2.41. The molecule has 0 N–H and O–H groups in total. The lowest BCUT2D eigenvalue weighted by molar-refractivity contribution is 0.0599. The summed E-state index contributed by atoms with van der Waals surface area (Å²) >= 11 is 0. The van der Waals surface area contributed by atoms with E-state index < -0.39 is 11.4 Å². The van der Waals surface area contributed by atoms with E-state index in [9.17, 15) is 14.4 Å². The Morgan fingerprint density at radius 3 is 1.54 bits per heavy atom. The molecule has 2 aromatic rings. The minimum absolute atomic E-state index is 0.232. The normalized spacial score (nSPS) is 11.0. The summed E-state index contributed by atoms with van der Waals surface area (Å²) < 4.78 is 4.63. The van der Waals surface area contributed by atoms with Gasteiger partial charge in [-0.3, -0.25) is 9.59 Å². The molecule has 0 saturated heterocycles. The number of ketones is 2. The van der Waals surface area contributed by atoms with E-state index in [0.717, 1.165) is 5.56 Å². The highest BCUT2D eigenvalue weighted by molar-refractivity contribution is 6.19. The van der Waals surface area contributed by atoms with Crippen LogP contribution in [0.2, 0.25) is 0 Å². The maximum Gasteiger partial charge on any atom is 0.337 e. The predicted molar refractivity (Wildman–Crippen MR) is 91.4 cm³/mol. The van der Waals surface area contributed by atoms with Gasteiger partial charge in [-0.2, -0.15) is 0 Å². The molecule has 0 atom stereocenters. The molecule has 2 rings (SSSR count). The van der Waals surface area contributed by atoms with Crippen molar-refractivity contribution >= 4 is 17.5 Å². The first kappa shape index (κ1) is 17.6. The van der Waals surface area contributed by atoms with Crippen molar-refractivity contribution in [3.05, 3.63) is 70.8 Å². The van der Waals surface area contributed by atoms with Gasteiger partial charge < -0.3 is 4.74 Å². The van der Waals surface area contributed by atoms with E-state index in [1.54, 1.807) is 38.1 Å². The van der Waals surface area contributed by atoms with E-state index in [0.29, 0.717) is 16.7 Å². The summed E-state index contributed by atoms with van der Waals surface area (Å²) in [6.07, 6.45) is 0. The lowest BCUT2D eigenvalue weighted by Gasteiger charge is -2.22. The van der Waals surface area contributed by atoms with Crippen molar-refractivity contribution in [2.45, 2.75) is 20.8 Å². The van der Waals surface area contributed by atoms with Crippen LogP contribution in [0, 0.1) is 12.3 Å². The Bertz CT molecular complexity index is 768. The zero-order valence-electron chi connectivity index (χ0n) is 14.3. The van der Waals surface area contributed by atoms with Gasteiger partial charge in [-0.15, -0.1) is 0 Å². The number of hydrogen-bond donors (Lipinski definition) is 0. The molecule has 0 radical (unpaired) electrons. The molecule has 124 valence electrons. The van der Waals surface area contributed by atoms with Crippen LogP contribution in [-0.4, -0.2) is 24.6 Å². The fraction of sp³-hybridized carbons (Fsp3) is 0.250. The summed E-state index contributed by atoms with van der Waals surface area (Å²) in [5.74, 6) is -0.988. The monoisotopic (exact) mass is 324 g/mol. The van der Waals surface area contributed by atoms with Crippen LogP contribution in [0.1, 0.15) is 50.5 Å². The minimum Gasteiger partial charge on any atom is -0.465 e. The van der Waals surface area contributed by atoms with Crippen LogP contribution in [0.4, 0.5) is 0 Å². The van der Waals surface area contributed by atoms with Crippen molar-refractivity contribution in [1.82, 2.24) is 0 Å². The highest BCUT2D eigenvalue weighted by Gasteiger charge is 2.37. The Kier molecular flexibility index (Phi) is 4.98. The number of esters is 1. The van der Waals surface area contributed by atoms with Gasteiger partial charge in [-0.25, -0.2) is 4.79 Å². The first-order chi connectivity index (χ1) is 11.3. The molecule has 0 aliphatic heterocycles. The van der Waals surface area contributed by atoms with Gasteiger partial charge in [0.15, 0.2) is 11.6 Å². The van der Waals surface area contributed by atoms with Crippen LogP contribution in [0.25, 0.3) is 0 Å². The Morgan fingerprint density at radius 1 is 0.750 bits per heavy atom. The van der Waals surface area contributed by atoms with Gasteiger partial charge in [0.05, 0.1) is 18.1 Å². The summed E-state index contributed by atoms with van der Waals surface area (Å²) in [4.78, 5) is 36.9. The summed E-state index contributed by atoms with van der Waals surface area (Å²) in [5, 5.41) is 0. The van der Waals surface area contributed by atoms with Gasteiger partial charge in [0.1, 0.15) is 0 Å². The third-order valence-electron chi connectivity index (χ3n) is 4.02. The van der Waals surface area contributed by atoms with E-state index in [1.807, 2.05) is 19.1 Å². The average molecular weight is 324 g/mol. The lowest BCUT2D eigenvalue weighted by atomic mass is 9.77. The number of carbonyl (C=O) groups excluding carboxylic acids is 3. The van der Waals surface area contributed by atoms with Crippen molar-refractivity contribution in [2.75, 3.05) is 7.11 Å². The molecular formula is C20H20O4. The van der Waals surface area contributed by atoms with Crippen molar-refractivity contribution < 1.29 is 19.1 Å². The quantitative estimate of drug-likeness (QED) is 0.476. The molecule has 0 amide bonds. The first-order valence-corrected chi connectivity index (χ1v) is 7.62. The van der Waals surface area contributed by atoms with Gasteiger partial charge in [-0.05, 0) is 32.9 Å². The van der Waals surface area contributed by atoms with Crippen molar-refractivity contribution in [3.63, 3.8) is 0 Å². The second-order valence-corrected chi connectivity index (χ2v) is 6.22. The molecule has 0 aromatic heterocycles. The molecule has 0 saturated carbocycles. The predicted octanol–water partition coefficient (Wildman–Crippen LogP) is 3.87. The number of aryl methyl sites for hydroxylation is 1. The summed E-state index contributed by atoms with van der Waals surface area (Å²) in [7, 11) is 1.30. The van der Waals surface area contributed by atoms with Crippen LogP contribution in [-0.2, 0) is 4.74 Å². The Balaban J connectivity index is 2.27. The van der Waals surface area contributed by atoms with Gasteiger partial charge in [0.25, 0.3) is 0 Å². The van der Waals surface area contributed by atoms with Crippen molar-refractivity contribution in [3.8, 4) is 0 Å². The smallest absolute Gasteiger partial charge is 0.337 e. The van der Waals surface area contributed by atoms with Crippen LogP contribution in [0.3, 0.4) is 0 Å². The molecule has 4 heteroatoms. The van der Waals surface area contributed by atoms with E-state index in [-0.39, 0.29) is 11.6 Å². The zero-order chi connectivity index (χ0) is 17.9.